The number of carbonyl (C=O) groups is 2. The van der Waals surface area contributed by atoms with Crippen LogP contribution >= 0.6 is 23.2 Å². The topological polar surface area (TPSA) is 92.3 Å². The summed E-state index contributed by atoms with van der Waals surface area (Å²) in [4.78, 5) is 23.5. The number of hydrogen-bond donors (Lipinski definition) is 1. The number of benzene rings is 3. The van der Waals surface area contributed by atoms with E-state index in [1.807, 2.05) is 68.4 Å². The van der Waals surface area contributed by atoms with Gasteiger partial charge in [-0.15, -0.1) is 0 Å². The Morgan fingerprint density at radius 3 is 2.31 bits per heavy atom. The SMILES string of the molecule is CC1(C)C(C=C(Cl)Cl)C1C(=O)OCc1cccc(Oc2ccccc2)c1.CNC(=O)Oc1cccc2c1OC(C)(C)O2. The van der Waals surface area contributed by atoms with Crippen molar-refractivity contribution in [1.29, 1.82) is 0 Å². The molecule has 1 N–H and O–H groups in total. The van der Waals surface area contributed by atoms with Gasteiger partial charge in [-0.25, -0.2) is 4.79 Å². The summed E-state index contributed by atoms with van der Waals surface area (Å²) in [5.41, 5.74) is 0.678. The van der Waals surface area contributed by atoms with Gasteiger partial charge in [0.15, 0.2) is 11.5 Å². The normalized spacial score (nSPS) is 18.5. The van der Waals surface area contributed by atoms with Gasteiger partial charge >= 0.3 is 12.1 Å². The van der Waals surface area contributed by atoms with Gasteiger partial charge in [0.25, 0.3) is 0 Å². The molecule has 5 rings (SSSR count). The predicted octanol–water partition coefficient (Wildman–Crippen LogP) is 8.03. The summed E-state index contributed by atoms with van der Waals surface area (Å²) in [7, 11) is 1.49. The molecule has 2 atom stereocenters. The summed E-state index contributed by atoms with van der Waals surface area (Å²) in [6.45, 7) is 7.78. The van der Waals surface area contributed by atoms with Crippen molar-refractivity contribution in [1.82, 2.24) is 5.32 Å². The quantitative estimate of drug-likeness (QED) is 0.270. The molecule has 42 heavy (non-hydrogen) atoms. The molecule has 0 aromatic heterocycles. The molecule has 10 heteroatoms. The monoisotopic (exact) mass is 613 g/mol. The minimum absolute atomic E-state index is 0.00717. The minimum Gasteiger partial charge on any atom is -0.461 e. The van der Waals surface area contributed by atoms with Crippen LogP contribution in [0.3, 0.4) is 0 Å². The first-order valence-electron chi connectivity index (χ1n) is 13.3. The number of halogens is 2. The smallest absolute Gasteiger partial charge is 0.412 e. The van der Waals surface area contributed by atoms with Crippen LogP contribution in [0.4, 0.5) is 4.79 Å². The van der Waals surface area contributed by atoms with Crippen molar-refractivity contribution in [3.8, 4) is 28.7 Å². The molecule has 222 valence electrons. The van der Waals surface area contributed by atoms with Gasteiger partial charge in [-0.1, -0.05) is 73.4 Å². The van der Waals surface area contributed by atoms with Crippen LogP contribution in [0.15, 0.2) is 83.4 Å². The van der Waals surface area contributed by atoms with Crippen LogP contribution < -0.4 is 24.3 Å². The zero-order chi connectivity index (χ0) is 30.5. The molecule has 1 fully saturated rings. The fourth-order valence-electron chi connectivity index (χ4n) is 4.58. The van der Waals surface area contributed by atoms with Crippen LogP contribution in [-0.2, 0) is 16.1 Å². The minimum atomic E-state index is -0.732. The summed E-state index contributed by atoms with van der Waals surface area (Å²) in [6.07, 6.45) is 1.17. The van der Waals surface area contributed by atoms with E-state index in [2.05, 4.69) is 5.32 Å². The molecule has 1 saturated carbocycles. The maximum atomic E-state index is 12.4. The molecule has 0 spiro atoms. The maximum absolute atomic E-state index is 12.4. The Balaban J connectivity index is 0.000000216. The highest BCUT2D eigenvalue weighted by Crippen LogP contribution is 2.60. The molecule has 8 nitrogen and oxygen atoms in total. The van der Waals surface area contributed by atoms with Crippen LogP contribution in [0, 0.1) is 17.3 Å². The van der Waals surface area contributed by atoms with E-state index in [1.54, 1.807) is 38.1 Å². The van der Waals surface area contributed by atoms with Gasteiger partial charge in [-0.2, -0.15) is 0 Å². The van der Waals surface area contributed by atoms with Gasteiger partial charge in [-0.05, 0) is 59.4 Å². The van der Waals surface area contributed by atoms with Crippen molar-refractivity contribution in [2.75, 3.05) is 7.05 Å². The Labute approximate surface area is 255 Å². The molecule has 2 aliphatic rings. The number of carbonyl (C=O) groups excluding carboxylic acids is 2. The van der Waals surface area contributed by atoms with E-state index >= 15 is 0 Å². The molecular formula is C32H33Cl2NO7. The molecule has 1 amide bonds. The lowest BCUT2D eigenvalue weighted by Crippen LogP contribution is -2.30. The number of para-hydroxylation sites is 2. The van der Waals surface area contributed by atoms with E-state index < -0.39 is 11.9 Å². The van der Waals surface area contributed by atoms with Crippen LogP contribution in [0.5, 0.6) is 28.7 Å². The molecule has 1 aliphatic heterocycles. The number of esters is 1. The van der Waals surface area contributed by atoms with E-state index in [4.69, 9.17) is 46.9 Å². The van der Waals surface area contributed by atoms with Gasteiger partial charge in [0.1, 0.15) is 22.6 Å². The Morgan fingerprint density at radius 1 is 0.929 bits per heavy atom. The fraction of sp³-hybridized carbons (Fsp3) is 0.312. The summed E-state index contributed by atoms with van der Waals surface area (Å²) >= 11 is 11.5. The van der Waals surface area contributed by atoms with Gasteiger partial charge in [0.05, 0.1) is 5.92 Å². The van der Waals surface area contributed by atoms with Crippen molar-refractivity contribution in [3.05, 3.63) is 88.9 Å². The van der Waals surface area contributed by atoms with Crippen LogP contribution in [0.2, 0.25) is 0 Å². The van der Waals surface area contributed by atoms with Gasteiger partial charge < -0.3 is 29.0 Å². The Hall–Kier alpha value is -3.88. The summed E-state index contributed by atoms with van der Waals surface area (Å²) in [5.74, 6) is 1.65. The van der Waals surface area contributed by atoms with E-state index in [0.29, 0.717) is 23.0 Å². The Morgan fingerprint density at radius 2 is 1.62 bits per heavy atom. The Kier molecular flexibility index (Phi) is 9.59. The number of rotatable bonds is 7. The number of allylic oxidation sites excluding steroid dienone is 1. The third kappa shape index (κ3) is 7.89. The molecule has 3 aromatic rings. The lowest BCUT2D eigenvalue weighted by molar-refractivity contribution is -0.147. The van der Waals surface area contributed by atoms with Crippen molar-refractivity contribution < 1.29 is 33.3 Å². The third-order valence-electron chi connectivity index (χ3n) is 6.78. The number of fused-ring (bicyclic) bond motifs is 1. The fourth-order valence-corrected chi connectivity index (χ4v) is 4.85. The highest BCUT2D eigenvalue weighted by molar-refractivity contribution is 6.55. The summed E-state index contributed by atoms with van der Waals surface area (Å²) in [6, 6.07) is 22.2. The van der Waals surface area contributed by atoms with Crippen LogP contribution in [0.25, 0.3) is 0 Å². The zero-order valence-electron chi connectivity index (χ0n) is 24.0. The lowest BCUT2D eigenvalue weighted by atomic mass is 10.1. The predicted molar refractivity (Wildman–Crippen MR) is 160 cm³/mol. The van der Waals surface area contributed by atoms with Gasteiger partial charge in [0, 0.05) is 20.9 Å². The average Bonchev–Trinajstić information content (AvgIpc) is 3.30. The molecule has 2 unspecified atom stereocenters. The van der Waals surface area contributed by atoms with Crippen molar-refractivity contribution >= 4 is 35.3 Å². The molecule has 1 aliphatic carbocycles. The summed E-state index contributed by atoms with van der Waals surface area (Å²) < 4.78 is 27.6. The average molecular weight is 615 g/mol. The van der Waals surface area contributed by atoms with E-state index in [-0.39, 0.29) is 34.3 Å². The second-order valence-corrected chi connectivity index (χ2v) is 11.8. The van der Waals surface area contributed by atoms with Crippen molar-refractivity contribution in [2.45, 2.75) is 40.1 Å². The largest absolute Gasteiger partial charge is 0.461 e. The summed E-state index contributed by atoms with van der Waals surface area (Å²) in [5, 5.41) is 2.37. The molecule has 0 saturated heterocycles. The van der Waals surface area contributed by atoms with Crippen LogP contribution in [0.1, 0.15) is 33.3 Å². The highest BCUT2D eigenvalue weighted by atomic mass is 35.5. The first kappa shape index (κ1) is 31.1. The number of hydrogen-bond acceptors (Lipinski definition) is 7. The molecule has 0 radical (unpaired) electrons. The van der Waals surface area contributed by atoms with E-state index in [0.717, 1.165) is 11.3 Å². The molecular weight excluding hydrogens is 581 g/mol. The number of amides is 1. The Bertz CT molecular complexity index is 1450. The van der Waals surface area contributed by atoms with Gasteiger partial charge in [0.2, 0.25) is 11.5 Å². The van der Waals surface area contributed by atoms with Crippen LogP contribution in [-0.4, -0.2) is 24.9 Å². The third-order valence-corrected chi connectivity index (χ3v) is 7.03. The zero-order valence-corrected chi connectivity index (χ0v) is 25.5. The second-order valence-electron chi connectivity index (χ2n) is 10.8. The van der Waals surface area contributed by atoms with E-state index in [1.165, 1.54) is 7.05 Å². The number of ether oxygens (including phenoxy) is 5. The standard InChI is InChI=1S/C21H20Cl2O3.C11H13NO4/c1-21(2)17(12-18(22)23)19(21)20(24)25-13-14-7-6-10-16(11-14)26-15-8-4-3-5-9-15;1-11(2)15-8-6-4-5-7(9(8)16-11)14-10(13)12-3/h3-12,17,19H,13H2,1-2H3;4-6H,1-3H3,(H,12,13). The van der Waals surface area contributed by atoms with Crippen molar-refractivity contribution in [3.63, 3.8) is 0 Å². The highest BCUT2D eigenvalue weighted by Gasteiger charge is 2.61. The lowest BCUT2D eigenvalue weighted by Gasteiger charge is -2.16. The van der Waals surface area contributed by atoms with Gasteiger partial charge in [-0.3, -0.25) is 4.79 Å². The van der Waals surface area contributed by atoms with E-state index in [9.17, 15) is 9.59 Å². The molecule has 1 heterocycles. The maximum Gasteiger partial charge on any atom is 0.412 e. The second kappa shape index (κ2) is 13.0. The molecule has 0 bridgehead atoms. The first-order chi connectivity index (χ1) is 19.9. The molecule has 3 aromatic carbocycles. The van der Waals surface area contributed by atoms with Crippen molar-refractivity contribution in [2.24, 2.45) is 17.3 Å². The number of nitrogens with one attached hydrogen (secondary N) is 1. The first-order valence-corrected chi connectivity index (χ1v) is 14.1.